The van der Waals surface area contributed by atoms with Crippen LogP contribution in [0.1, 0.15) is 21.5 Å². The van der Waals surface area contributed by atoms with Crippen LogP contribution in [0.2, 0.25) is 10.0 Å². The number of nitro groups is 1. The predicted octanol–water partition coefficient (Wildman–Crippen LogP) is 3.67. The second-order valence-electron chi connectivity index (χ2n) is 4.85. The number of hydrogen-bond donors (Lipinski definition) is 1. The smallest absolute Gasteiger partial charge is 0.336 e. The quantitative estimate of drug-likeness (QED) is 0.492. The maximum atomic E-state index is 12.7. The van der Waals surface area contributed by atoms with Crippen LogP contribution >= 0.6 is 23.2 Å². The highest BCUT2D eigenvalue weighted by molar-refractivity contribution is 7.91. The number of non-ortho nitro benzene ring substituents is 1. The number of fused-ring (bicyclic) bond motifs is 2. The standard InChI is InChI=1S/C14H7Cl2NO5S/c15-10-2-6-1-8-9(14(18)19)3-7(17(20)21)4-13(8)23(22)12(6)5-11(10)16/h2-5H,1H2,(H,18,19). The minimum Gasteiger partial charge on any atom is -0.606 e. The number of rotatable bonds is 2. The van der Waals surface area contributed by atoms with Gasteiger partial charge in [0.05, 0.1) is 26.6 Å². The summed E-state index contributed by atoms with van der Waals surface area (Å²) in [6.45, 7) is 0. The van der Waals surface area contributed by atoms with E-state index in [-0.39, 0.29) is 32.5 Å². The van der Waals surface area contributed by atoms with Crippen molar-refractivity contribution in [1.82, 2.24) is 0 Å². The SMILES string of the molecule is O=C(O)c1cc([N+](=O)[O-])cc2c1Cc1cc(Cl)c(Cl)cc1[S+]2[O-]. The average molecular weight is 372 g/mol. The summed E-state index contributed by atoms with van der Waals surface area (Å²) >= 11 is 10.1. The van der Waals surface area contributed by atoms with Crippen LogP contribution in [-0.4, -0.2) is 20.6 Å². The number of halogens is 2. The molecule has 2 aromatic rings. The third-order valence-electron chi connectivity index (χ3n) is 3.51. The van der Waals surface area contributed by atoms with E-state index in [9.17, 15) is 24.6 Å². The lowest BCUT2D eigenvalue weighted by atomic mass is 9.98. The Bertz CT molecular complexity index is 871. The molecule has 1 atom stereocenters. The number of nitrogens with zero attached hydrogens (tertiary/aromatic N) is 1. The Morgan fingerprint density at radius 2 is 1.83 bits per heavy atom. The molecule has 0 amide bonds. The van der Waals surface area contributed by atoms with Crippen molar-refractivity contribution < 1.29 is 19.4 Å². The number of carbonyl (C=O) groups is 1. The van der Waals surface area contributed by atoms with Gasteiger partial charge in [0.1, 0.15) is 0 Å². The molecule has 118 valence electrons. The zero-order valence-electron chi connectivity index (χ0n) is 11.2. The highest BCUT2D eigenvalue weighted by Gasteiger charge is 2.35. The Morgan fingerprint density at radius 1 is 1.17 bits per heavy atom. The summed E-state index contributed by atoms with van der Waals surface area (Å²) in [6, 6.07) is 5.09. The van der Waals surface area contributed by atoms with Crippen molar-refractivity contribution in [2.24, 2.45) is 0 Å². The van der Waals surface area contributed by atoms with Gasteiger partial charge in [0.2, 0.25) is 0 Å². The molecule has 0 fully saturated rings. The number of benzene rings is 2. The summed E-state index contributed by atoms with van der Waals surface area (Å²) in [4.78, 5) is 22.2. The first kappa shape index (κ1) is 16.1. The minimum atomic E-state index is -1.77. The molecule has 0 saturated carbocycles. The molecule has 1 N–H and O–H groups in total. The molecule has 0 saturated heterocycles. The molecule has 6 nitrogen and oxygen atoms in total. The van der Waals surface area contributed by atoms with Crippen LogP contribution in [0.15, 0.2) is 34.1 Å². The van der Waals surface area contributed by atoms with Gasteiger partial charge in [-0.05, 0) is 6.07 Å². The number of carboxylic acid groups (broad SMARTS) is 1. The first-order chi connectivity index (χ1) is 10.8. The molecule has 1 aliphatic heterocycles. The van der Waals surface area contributed by atoms with E-state index in [1.807, 2.05) is 0 Å². The minimum absolute atomic E-state index is 0.113. The monoisotopic (exact) mass is 371 g/mol. The van der Waals surface area contributed by atoms with Gasteiger partial charge in [-0.25, -0.2) is 4.79 Å². The molecular formula is C14H7Cl2NO5S. The fourth-order valence-electron chi connectivity index (χ4n) is 2.46. The largest absolute Gasteiger partial charge is 0.606 e. The predicted molar refractivity (Wildman–Crippen MR) is 84.0 cm³/mol. The summed E-state index contributed by atoms with van der Waals surface area (Å²) < 4.78 is 12.7. The van der Waals surface area contributed by atoms with Crippen LogP contribution in [0, 0.1) is 10.1 Å². The highest BCUT2D eigenvalue weighted by Crippen LogP contribution is 2.41. The number of carboxylic acids is 1. The molecule has 1 heterocycles. The first-order valence-corrected chi connectivity index (χ1v) is 8.14. The zero-order valence-corrected chi connectivity index (χ0v) is 13.5. The Hall–Kier alpha value is -1.80. The van der Waals surface area contributed by atoms with Crippen molar-refractivity contribution in [1.29, 1.82) is 0 Å². The molecule has 0 radical (unpaired) electrons. The zero-order chi connectivity index (χ0) is 16.9. The van der Waals surface area contributed by atoms with Gasteiger partial charge in [0.25, 0.3) is 5.69 Å². The Kier molecular flexibility index (Phi) is 3.97. The lowest BCUT2D eigenvalue weighted by Crippen LogP contribution is -2.18. The van der Waals surface area contributed by atoms with Gasteiger partial charge >= 0.3 is 5.97 Å². The Morgan fingerprint density at radius 3 is 2.43 bits per heavy atom. The van der Waals surface area contributed by atoms with E-state index >= 15 is 0 Å². The third-order valence-corrected chi connectivity index (χ3v) is 5.77. The summed E-state index contributed by atoms with van der Waals surface area (Å²) in [7, 11) is 0. The summed E-state index contributed by atoms with van der Waals surface area (Å²) in [6.07, 6.45) is 0.160. The second-order valence-corrected chi connectivity index (χ2v) is 7.08. The van der Waals surface area contributed by atoms with Crippen molar-refractivity contribution in [3.8, 4) is 0 Å². The van der Waals surface area contributed by atoms with Gasteiger partial charge in [-0.15, -0.1) is 0 Å². The van der Waals surface area contributed by atoms with E-state index in [2.05, 4.69) is 0 Å². The van der Waals surface area contributed by atoms with E-state index in [0.717, 1.165) is 12.1 Å². The first-order valence-electron chi connectivity index (χ1n) is 6.24. The fraction of sp³-hybridized carbons (Fsp3) is 0.0714. The molecule has 0 aromatic heterocycles. The topological polar surface area (TPSA) is 104 Å². The number of aromatic carboxylic acids is 1. The molecule has 0 spiro atoms. The van der Waals surface area contributed by atoms with Crippen molar-refractivity contribution in [2.45, 2.75) is 16.2 Å². The molecule has 0 aliphatic carbocycles. The number of hydrogen-bond acceptors (Lipinski definition) is 4. The van der Waals surface area contributed by atoms with E-state index < -0.39 is 27.8 Å². The van der Waals surface area contributed by atoms with Crippen LogP contribution in [-0.2, 0) is 17.6 Å². The van der Waals surface area contributed by atoms with Gasteiger partial charge in [0.15, 0.2) is 9.79 Å². The molecule has 1 unspecified atom stereocenters. The molecule has 23 heavy (non-hydrogen) atoms. The fourth-order valence-corrected chi connectivity index (χ4v) is 4.34. The lowest BCUT2D eigenvalue weighted by molar-refractivity contribution is -0.385. The van der Waals surface area contributed by atoms with Crippen molar-refractivity contribution >= 4 is 46.0 Å². The van der Waals surface area contributed by atoms with E-state index in [4.69, 9.17) is 23.2 Å². The highest BCUT2D eigenvalue weighted by atomic mass is 35.5. The molecule has 0 bridgehead atoms. The Balaban J connectivity index is 2.27. The van der Waals surface area contributed by atoms with Crippen molar-refractivity contribution in [2.75, 3.05) is 0 Å². The van der Waals surface area contributed by atoms with E-state index in [1.165, 1.54) is 12.1 Å². The molecule has 9 heteroatoms. The van der Waals surface area contributed by atoms with Gasteiger partial charge in [0, 0.05) is 40.9 Å². The van der Waals surface area contributed by atoms with Gasteiger partial charge < -0.3 is 9.66 Å². The number of nitro benzene ring substituents is 1. The van der Waals surface area contributed by atoms with E-state index in [0.29, 0.717) is 10.5 Å². The second kappa shape index (κ2) is 5.68. The van der Waals surface area contributed by atoms with Crippen LogP contribution in [0.5, 0.6) is 0 Å². The normalized spacial score (nSPS) is 15.7. The summed E-state index contributed by atoms with van der Waals surface area (Å²) in [5.74, 6) is -1.31. The van der Waals surface area contributed by atoms with Crippen LogP contribution < -0.4 is 0 Å². The van der Waals surface area contributed by atoms with Crippen molar-refractivity contribution in [3.63, 3.8) is 0 Å². The summed E-state index contributed by atoms with van der Waals surface area (Å²) in [5, 5.41) is 20.8. The molecule has 3 rings (SSSR count). The van der Waals surface area contributed by atoms with Crippen LogP contribution in [0.3, 0.4) is 0 Å². The Labute approximate surface area is 143 Å². The maximum Gasteiger partial charge on any atom is 0.336 e. The molecule has 1 aliphatic rings. The maximum absolute atomic E-state index is 12.7. The molecular weight excluding hydrogens is 365 g/mol. The van der Waals surface area contributed by atoms with Crippen LogP contribution in [0.4, 0.5) is 5.69 Å². The summed E-state index contributed by atoms with van der Waals surface area (Å²) in [5.41, 5.74) is 0.214. The van der Waals surface area contributed by atoms with Gasteiger partial charge in [-0.3, -0.25) is 10.1 Å². The average Bonchev–Trinajstić information content (AvgIpc) is 2.48. The third kappa shape index (κ3) is 2.66. The lowest BCUT2D eigenvalue weighted by Gasteiger charge is -2.23. The van der Waals surface area contributed by atoms with Crippen molar-refractivity contribution in [3.05, 3.63) is 61.1 Å². The molecule has 2 aromatic carbocycles. The van der Waals surface area contributed by atoms with E-state index in [1.54, 1.807) is 0 Å². The van der Waals surface area contributed by atoms with Gasteiger partial charge in [-0.2, -0.15) is 0 Å². The van der Waals surface area contributed by atoms with Gasteiger partial charge in [-0.1, -0.05) is 23.2 Å². The van der Waals surface area contributed by atoms with Crippen LogP contribution in [0.25, 0.3) is 0 Å².